The van der Waals surface area contributed by atoms with Crippen molar-refractivity contribution in [3.05, 3.63) is 62.9 Å². The minimum absolute atomic E-state index is 0.00269. The molecule has 2 atom stereocenters. The number of halogens is 6. The van der Waals surface area contributed by atoms with Gasteiger partial charge in [-0.15, -0.1) is 0 Å². The Kier molecular flexibility index (Phi) is 9.25. The van der Waals surface area contributed by atoms with Crippen molar-refractivity contribution in [2.45, 2.75) is 69.1 Å². The summed E-state index contributed by atoms with van der Waals surface area (Å²) in [5.41, 5.74) is 0.646. The number of hydrogen-bond acceptors (Lipinski definition) is 4. The molecule has 6 nitrogen and oxygen atoms in total. The number of carbonyl (C=O) groups is 2. The molecule has 0 bridgehead atoms. The van der Waals surface area contributed by atoms with Crippen molar-refractivity contribution in [2.75, 3.05) is 26.2 Å². The Labute approximate surface area is 251 Å². The second kappa shape index (κ2) is 12.6. The van der Waals surface area contributed by atoms with Gasteiger partial charge in [0.05, 0.1) is 18.6 Å². The van der Waals surface area contributed by atoms with Crippen LogP contribution in [0.3, 0.4) is 0 Å². The summed E-state index contributed by atoms with van der Waals surface area (Å²) in [6.07, 6.45) is -0.799. The molecular formula is C30H32Cl2F4N2O4. The van der Waals surface area contributed by atoms with Crippen LogP contribution in [0.15, 0.2) is 30.3 Å². The van der Waals surface area contributed by atoms with Gasteiger partial charge < -0.3 is 14.7 Å². The molecule has 12 heteroatoms. The predicted octanol–water partition coefficient (Wildman–Crippen LogP) is 7.48. The monoisotopic (exact) mass is 630 g/mol. The summed E-state index contributed by atoms with van der Waals surface area (Å²) >= 11 is 12.0. The quantitative estimate of drug-likeness (QED) is 0.291. The molecule has 42 heavy (non-hydrogen) atoms. The van der Waals surface area contributed by atoms with E-state index in [1.54, 1.807) is 0 Å². The molecule has 0 aromatic heterocycles. The molecule has 228 valence electrons. The number of carbonyl (C=O) groups excluding carboxylic acids is 1. The standard InChI is InChI=1S/C30H32Cl2F4N2O4/c31-20-10-19(11-21(32)12-20)28(30(34,35)36)37-8-5-17(6-9-37)16-42-26-15-25(33)24(14-23(26)18-3-4-18)29(41)38-7-1-2-22(38)13-27(39)40/h10-12,14-15,17-18,22,28H,1-9,13,16H2,(H,39,40)/t22-,28+/m0/s1. The van der Waals surface area contributed by atoms with Crippen molar-refractivity contribution in [3.63, 3.8) is 0 Å². The molecule has 2 saturated heterocycles. The smallest absolute Gasteiger partial charge is 0.408 e. The summed E-state index contributed by atoms with van der Waals surface area (Å²) in [6.45, 7) is 0.970. The molecule has 2 aromatic rings. The topological polar surface area (TPSA) is 70.1 Å². The molecule has 5 rings (SSSR count). The van der Waals surface area contributed by atoms with Gasteiger partial charge in [-0.2, -0.15) is 13.2 Å². The fraction of sp³-hybridized carbons (Fsp3) is 0.533. The third-order valence-corrected chi connectivity index (χ3v) is 8.83. The molecule has 0 spiro atoms. The summed E-state index contributed by atoms with van der Waals surface area (Å²) in [5, 5.41) is 9.47. The molecule has 1 amide bonds. The van der Waals surface area contributed by atoms with Crippen LogP contribution in [-0.4, -0.2) is 65.2 Å². The highest BCUT2D eigenvalue weighted by atomic mass is 35.5. The number of nitrogens with zero attached hydrogens (tertiary/aromatic N) is 2. The van der Waals surface area contributed by atoms with Crippen LogP contribution in [0.1, 0.15) is 78.4 Å². The second-order valence-electron chi connectivity index (χ2n) is 11.5. The number of alkyl halides is 3. The zero-order valence-electron chi connectivity index (χ0n) is 22.8. The van der Waals surface area contributed by atoms with Crippen LogP contribution in [0.4, 0.5) is 17.6 Å². The normalized spacial score (nSPS) is 21.0. The van der Waals surface area contributed by atoms with E-state index in [1.807, 2.05) is 0 Å². The third kappa shape index (κ3) is 7.14. The van der Waals surface area contributed by atoms with Crippen molar-refractivity contribution in [1.82, 2.24) is 9.80 Å². The minimum Gasteiger partial charge on any atom is -0.493 e. The lowest BCUT2D eigenvalue weighted by atomic mass is 9.94. The molecule has 2 aliphatic heterocycles. The van der Waals surface area contributed by atoms with Gasteiger partial charge in [0.2, 0.25) is 0 Å². The fourth-order valence-corrected chi connectivity index (χ4v) is 6.71. The van der Waals surface area contributed by atoms with Crippen LogP contribution in [0.2, 0.25) is 10.0 Å². The van der Waals surface area contributed by atoms with Crippen LogP contribution in [0.25, 0.3) is 0 Å². The second-order valence-corrected chi connectivity index (χ2v) is 12.3. The molecule has 0 radical (unpaired) electrons. The highest BCUT2D eigenvalue weighted by Gasteiger charge is 2.46. The summed E-state index contributed by atoms with van der Waals surface area (Å²) < 4.78 is 63.6. The molecule has 0 unspecified atom stereocenters. The molecule has 2 heterocycles. The Morgan fingerprint density at radius 2 is 1.64 bits per heavy atom. The molecular weight excluding hydrogens is 599 g/mol. The van der Waals surface area contributed by atoms with Crippen molar-refractivity contribution < 1.29 is 37.0 Å². The van der Waals surface area contributed by atoms with E-state index in [-0.39, 0.29) is 59.1 Å². The molecule has 2 aromatic carbocycles. The largest absolute Gasteiger partial charge is 0.493 e. The summed E-state index contributed by atoms with van der Waals surface area (Å²) in [7, 11) is 0. The van der Waals surface area contributed by atoms with E-state index >= 15 is 4.39 Å². The summed E-state index contributed by atoms with van der Waals surface area (Å²) in [5.74, 6) is -1.80. The van der Waals surface area contributed by atoms with Crippen molar-refractivity contribution in [2.24, 2.45) is 5.92 Å². The van der Waals surface area contributed by atoms with Crippen molar-refractivity contribution in [1.29, 1.82) is 0 Å². The Bertz CT molecular complexity index is 1310. The lowest BCUT2D eigenvalue weighted by Gasteiger charge is -2.38. The zero-order valence-corrected chi connectivity index (χ0v) is 24.3. The van der Waals surface area contributed by atoms with Gasteiger partial charge >= 0.3 is 12.1 Å². The van der Waals surface area contributed by atoms with E-state index in [0.717, 1.165) is 18.4 Å². The predicted molar refractivity (Wildman–Crippen MR) is 150 cm³/mol. The first kappa shape index (κ1) is 30.9. The van der Waals surface area contributed by atoms with Gasteiger partial charge in [0.25, 0.3) is 5.91 Å². The maximum absolute atomic E-state index is 15.3. The summed E-state index contributed by atoms with van der Waals surface area (Å²) in [4.78, 5) is 27.3. The van der Waals surface area contributed by atoms with Gasteiger partial charge in [-0.3, -0.25) is 14.5 Å². The van der Waals surface area contributed by atoms with Gasteiger partial charge in [0.15, 0.2) is 0 Å². The van der Waals surface area contributed by atoms with E-state index in [4.69, 9.17) is 27.9 Å². The lowest BCUT2D eigenvalue weighted by Crippen LogP contribution is -2.43. The molecule has 1 aliphatic carbocycles. The van der Waals surface area contributed by atoms with E-state index in [9.17, 15) is 27.9 Å². The van der Waals surface area contributed by atoms with Gasteiger partial charge in [0, 0.05) is 28.7 Å². The average molecular weight is 631 g/mol. The number of aliphatic carboxylic acids is 1. The number of benzene rings is 2. The lowest BCUT2D eigenvalue weighted by molar-refractivity contribution is -0.190. The first-order valence-corrected chi connectivity index (χ1v) is 14.9. The third-order valence-electron chi connectivity index (χ3n) is 8.39. The number of rotatable bonds is 9. The number of amides is 1. The molecule has 1 N–H and O–H groups in total. The molecule has 3 aliphatic rings. The Morgan fingerprint density at radius 3 is 2.24 bits per heavy atom. The highest BCUT2D eigenvalue weighted by molar-refractivity contribution is 6.34. The van der Waals surface area contributed by atoms with E-state index in [1.165, 1.54) is 40.1 Å². The minimum atomic E-state index is -4.52. The van der Waals surface area contributed by atoms with Gasteiger partial charge in [-0.05, 0) is 98.8 Å². The first-order valence-electron chi connectivity index (χ1n) is 14.2. The SMILES string of the molecule is O=C(O)C[C@@H]1CCCN1C(=O)c1cc(C2CC2)c(OCC2CCN([C@H](c3cc(Cl)cc(Cl)c3)C(F)(F)F)CC2)cc1F. The number of piperidine rings is 1. The highest BCUT2D eigenvalue weighted by Crippen LogP contribution is 2.46. The Morgan fingerprint density at radius 1 is 0.976 bits per heavy atom. The maximum atomic E-state index is 15.3. The van der Waals surface area contributed by atoms with Crippen LogP contribution in [-0.2, 0) is 4.79 Å². The van der Waals surface area contributed by atoms with Crippen LogP contribution < -0.4 is 4.74 Å². The van der Waals surface area contributed by atoms with Gasteiger partial charge in [-0.1, -0.05) is 23.2 Å². The van der Waals surface area contributed by atoms with Gasteiger partial charge in [-0.25, -0.2) is 4.39 Å². The average Bonchev–Trinajstić information content (AvgIpc) is 3.64. The first-order chi connectivity index (χ1) is 19.9. The Balaban J connectivity index is 1.25. The number of carboxylic acid groups (broad SMARTS) is 1. The van der Waals surface area contributed by atoms with E-state index < -0.39 is 36.0 Å². The van der Waals surface area contributed by atoms with Crippen LogP contribution in [0.5, 0.6) is 5.75 Å². The summed E-state index contributed by atoms with van der Waals surface area (Å²) in [6, 6.07) is 4.44. The van der Waals surface area contributed by atoms with Crippen LogP contribution in [0, 0.1) is 11.7 Å². The number of likely N-dealkylation sites (tertiary alicyclic amines) is 2. The number of hydrogen-bond donors (Lipinski definition) is 1. The maximum Gasteiger partial charge on any atom is 0.408 e. The van der Waals surface area contributed by atoms with E-state index in [2.05, 4.69) is 0 Å². The van der Waals surface area contributed by atoms with Crippen molar-refractivity contribution >= 4 is 35.1 Å². The van der Waals surface area contributed by atoms with E-state index in [0.29, 0.717) is 38.0 Å². The van der Waals surface area contributed by atoms with Crippen molar-refractivity contribution in [3.8, 4) is 5.75 Å². The Hall–Kier alpha value is -2.56. The van der Waals surface area contributed by atoms with Gasteiger partial charge in [0.1, 0.15) is 17.6 Å². The zero-order chi connectivity index (χ0) is 30.2. The molecule has 3 fully saturated rings. The number of ether oxygens (including phenoxy) is 1. The van der Waals surface area contributed by atoms with Crippen LogP contribution >= 0.6 is 23.2 Å². The fourth-order valence-electron chi connectivity index (χ4n) is 6.17. The number of carboxylic acids is 1. The molecule has 1 saturated carbocycles.